The SMILES string of the molecule is C[C]1([Pt]([CH3])([CH3])[CH3])C=CC=C1.[Pt]. The molecule has 1 rings (SSSR count). The summed E-state index contributed by atoms with van der Waals surface area (Å²) >= 11 is -1.43. The van der Waals surface area contributed by atoms with Crippen molar-refractivity contribution in [3.05, 3.63) is 24.3 Å². The van der Waals surface area contributed by atoms with E-state index in [-0.39, 0.29) is 21.1 Å². The van der Waals surface area contributed by atoms with Gasteiger partial charge in [0.05, 0.1) is 0 Å². The van der Waals surface area contributed by atoms with Gasteiger partial charge >= 0.3 is 67.0 Å². The molecule has 0 saturated heterocycles. The third-order valence-corrected chi connectivity index (χ3v) is 10.1. The van der Waals surface area contributed by atoms with Gasteiger partial charge in [0.2, 0.25) is 0 Å². The zero-order valence-electron chi connectivity index (χ0n) is 7.44. The summed E-state index contributed by atoms with van der Waals surface area (Å²) < 4.78 is 0.451. The van der Waals surface area contributed by atoms with Crippen LogP contribution in [-0.2, 0) is 37.1 Å². The summed E-state index contributed by atoms with van der Waals surface area (Å²) in [6.07, 6.45) is 9.05. The fourth-order valence-corrected chi connectivity index (χ4v) is 3.56. The molecule has 0 bridgehead atoms. The fraction of sp³-hybridized carbons (Fsp3) is 0.556. The standard InChI is InChI=1S/C6H7.3CH3.2Pt/c1-6-4-2-3-5-6;;;;;/h2-5H,1H3;3*1H3;;. The largest absolute Gasteiger partial charge is 0 e. The summed E-state index contributed by atoms with van der Waals surface area (Å²) in [7, 11) is 0. The maximum absolute atomic E-state index is 2.45. The van der Waals surface area contributed by atoms with Gasteiger partial charge in [-0.3, -0.25) is 0 Å². The van der Waals surface area contributed by atoms with Crippen LogP contribution in [-0.4, -0.2) is 0 Å². The summed E-state index contributed by atoms with van der Waals surface area (Å²) in [5.74, 6) is 0. The smallest absolute Gasteiger partial charge is 0 e. The van der Waals surface area contributed by atoms with Crippen molar-refractivity contribution in [2.75, 3.05) is 0 Å². The van der Waals surface area contributed by atoms with Crippen molar-refractivity contribution in [3.63, 3.8) is 0 Å². The van der Waals surface area contributed by atoms with Gasteiger partial charge in [-0.15, -0.1) is 0 Å². The van der Waals surface area contributed by atoms with Crippen molar-refractivity contribution in [1.29, 1.82) is 0 Å². The number of rotatable bonds is 1. The number of hydrogen-bond acceptors (Lipinski definition) is 0. The molecule has 0 atom stereocenters. The van der Waals surface area contributed by atoms with Gasteiger partial charge in [0.25, 0.3) is 0 Å². The van der Waals surface area contributed by atoms with Gasteiger partial charge in [-0.2, -0.15) is 0 Å². The third-order valence-electron chi connectivity index (χ3n) is 1.96. The Balaban J connectivity index is 0.000001000. The second-order valence-corrected chi connectivity index (χ2v) is 15.9. The minimum absolute atomic E-state index is 0. The van der Waals surface area contributed by atoms with Gasteiger partial charge in [0.1, 0.15) is 0 Å². The quantitative estimate of drug-likeness (QED) is 0.502. The van der Waals surface area contributed by atoms with E-state index in [1.807, 2.05) is 0 Å². The van der Waals surface area contributed by atoms with Crippen LogP contribution in [0.1, 0.15) is 6.92 Å². The van der Waals surface area contributed by atoms with Crippen LogP contribution in [0.15, 0.2) is 24.3 Å². The molecule has 0 aromatic rings. The molecule has 0 aromatic heterocycles. The second-order valence-electron chi connectivity index (χ2n) is 3.23. The first-order chi connectivity index (χ1) is 4.46. The Hall–Kier alpha value is 0.857. The topological polar surface area (TPSA) is 0 Å². The molecule has 0 aromatic carbocycles. The molecule has 0 aliphatic heterocycles. The van der Waals surface area contributed by atoms with Crippen LogP contribution in [0.3, 0.4) is 0 Å². The Morgan fingerprint density at radius 1 is 1.00 bits per heavy atom. The monoisotopic (exact) mass is 514 g/mol. The van der Waals surface area contributed by atoms with E-state index in [0.29, 0.717) is 3.80 Å². The Morgan fingerprint density at radius 3 is 1.55 bits per heavy atom. The minimum atomic E-state index is -1.43. The Morgan fingerprint density at radius 2 is 1.36 bits per heavy atom. The van der Waals surface area contributed by atoms with Gasteiger partial charge in [-0.05, 0) is 0 Å². The fourth-order valence-electron chi connectivity index (χ4n) is 0.847. The van der Waals surface area contributed by atoms with Gasteiger partial charge in [-0.1, -0.05) is 0 Å². The molecule has 11 heavy (non-hydrogen) atoms. The maximum atomic E-state index is 2.45. The van der Waals surface area contributed by atoms with E-state index < -0.39 is 16.1 Å². The number of allylic oxidation sites excluding steroid dienone is 4. The van der Waals surface area contributed by atoms with Crippen LogP contribution >= 0.6 is 0 Å². The predicted molar refractivity (Wildman–Crippen MR) is 44.2 cm³/mol. The first kappa shape index (κ1) is 11.9. The van der Waals surface area contributed by atoms with Crippen molar-refractivity contribution in [3.8, 4) is 0 Å². The molecule has 0 saturated carbocycles. The van der Waals surface area contributed by atoms with Crippen LogP contribution in [0.2, 0.25) is 19.7 Å². The van der Waals surface area contributed by atoms with E-state index in [1.54, 1.807) is 0 Å². The molecule has 0 radical (unpaired) electrons. The summed E-state index contributed by atoms with van der Waals surface area (Å²) in [4.78, 5) is 0. The minimum Gasteiger partial charge on any atom is 0 e. The normalized spacial score (nSPS) is 21.5. The molecule has 0 nitrogen and oxygen atoms in total. The van der Waals surface area contributed by atoms with Crippen LogP contribution in [0.5, 0.6) is 0 Å². The average molecular weight is 514 g/mol. The molecule has 0 unspecified atom stereocenters. The zero-order valence-corrected chi connectivity index (χ0v) is 12.0. The van der Waals surface area contributed by atoms with E-state index in [2.05, 4.69) is 47.2 Å². The molecule has 0 heterocycles. The van der Waals surface area contributed by atoms with Gasteiger partial charge in [0, 0.05) is 21.1 Å². The molecular weight excluding hydrogens is 498 g/mol. The maximum Gasteiger partial charge on any atom is 0 e. The first-order valence-electron chi connectivity index (χ1n) is 3.18. The van der Waals surface area contributed by atoms with Crippen molar-refractivity contribution in [2.45, 2.75) is 26.7 Å². The van der Waals surface area contributed by atoms with Crippen molar-refractivity contribution in [2.24, 2.45) is 0 Å². The summed E-state index contributed by atoms with van der Waals surface area (Å²) in [6.45, 7) is 2.35. The number of hydrogen-bond donors (Lipinski definition) is 0. The summed E-state index contributed by atoms with van der Waals surface area (Å²) in [6, 6.07) is 0. The molecule has 2 heteroatoms. The van der Waals surface area contributed by atoms with Crippen LogP contribution in [0.4, 0.5) is 0 Å². The van der Waals surface area contributed by atoms with Gasteiger partial charge < -0.3 is 0 Å². The first-order valence-corrected chi connectivity index (χ1v) is 11.1. The van der Waals surface area contributed by atoms with Crippen molar-refractivity contribution < 1.29 is 37.1 Å². The summed E-state index contributed by atoms with van der Waals surface area (Å²) in [5, 5.41) is 7.35. The zero-order chi connectivity index (χ0) is 7.83. The van der Waals surface area contributed by atoms with Gasteiger partial charge in [-0.25, -0.2) is 0 Å². The Kier molecular flexibility index (Phi) is 4.00. The molecule has 0 N–H and O–H groups in total. The van der Waals surface area contributed by atoms with E-state index in [9.17, 15) is 0 Å². The Labute approximate surface area is 87.6 Å². The van der Waals surface area contributed by atoms with E-state index in [1.165, 1.54) is 0 Å². The van der Waals surface area contributed by atoms with Crippen molar-refractivity contribution in [1.82, 2.24) is 0 Å². The molecule has 1 aliphatic carbocycles. The van der Waals surface area contributed by atoms with Crippen LogP contribution < -0.4 is 0 Å². The van der Waals surface area contributed by atoms with Crippen LogP contribution in [0, 0.1) is 0 Å². The Bertz CT molecular complexity index is 172. The van der Waals surface area contributed by atoms with E-state index in [0.717, 1.165) is 0 Å². The summed E-state index contributed by atoms with van der Waals surface area (Å²) in [5.41, 5.74) is 0. The molecule has 0 amide bonds. The van der Waals surface area contributed by atoms with E-state index >= 15 is 0 Å². The van der Waals surface area contributed by atoms with Gasteiger partial charge in [0.15, 0.2) is 0 Å². The molecule has 0 fully saturated rings. The van der Waals surface area contributed by atoms with Crippen molar-refractivity contribution >= 4 is 0 Å². The third kappa shape index (κ3) is 2.39. The van der Waals surface area contributed by atoms with Crippen LogP contribution in [0.25, 0.3) is 0 Å². The molecule has 72 valence electrons. The molecule has 0 spiro atoms. The molecular formula is C9H16Pt2. The predicted octanol–water partition coefficient (Wildman–Crippen LogP) is 3.59. The second kappa shape index (κ2) is 3.71. The molecule has 1 aliphatic rings. The average Bonchev–Trinajstić information content (AvgIpc) is 2.13. The van der Waals surface area contributed by atoms with E-state index in [4.69, 9.17) is 0 Å².